The Morgan fingerprint density at radius 3 is 1.16 bits per heavy atom. The lowest BCUT2D eigenvalue weighted by atomic mass is 10.3. The number of phenols is 2. The van der Waals surface area contributed by atoms with Gasteiger partial charge < -0.3 is 10.2 Å². The van der Waals surface area contributed by atoms with E-state index in [2.05, 4.69) is 0 Å². The molecule has 2 nitrogen and oxygen atoms in total. The number of phenolic OH excluding ortho intramolecular Hbond substituents is 2. The predicted octanol–water partition coefficient (Wildman–Crippen LogP) is 5.86. The zero-order valence-electron chi connectivity index (χ0n) is 9.12. The Balaban J connectivity index is 2.36. The summed E-state index contributed by atoms with van der Waals surface area (Å²) in [5.41, 5.74) is 0. The number of hydrogen-bond donors (Lipinski definition) is 2. The third-order valence-electron chi connectivity index (χ3n) is 2.22. The van der Waals surface area contributed by atoms with E-state index in [1.165, 1.54) is 11.8 Å². The molecule has 0 saturated carbocycles. The van der Waals surface area contributed by atoms with Gasteiger partial charge in [-0.05, 0) is 24.3 Å². The second-order valence-electron chi connectivity index (χ2n) is 3.57. The maximum absolute atomic E-state index is 9.47. The van der Waals surface area contributed by atoms with Crippen LogP contribution in [0.1, 0.15) is 0 Å². The van der Waals surface area contributed by atoms with Crippen LogP contribution in [-0.2, 0) is 0 Å². The van der Waals surface area contributed by atoms with Gasteiger partial charge in [0.1, 0.15) is 0 Å². The Kier molecular flexibility index (Phi) is 4.64. The summed E-state index contributed by atoms with van der Waals surface area (Å²) in [6.07, 6.45) is 0. The average molecular weight is 356 g/mol. The van der Waals surface area contributed by atoms with E-state index in [4.69, 9.17) is 46.4 Å². The predicted molar refractivity (Wildman–Crippen MR) is 80.4 cm³/mol. The van der Waals surface area contributed by atoms with Gasteiger partial charge in [0.05, 0.1) is 20.1 Å². The van der Waals surface area contributed by atoms with Crippen LogP contribution < -0.4 is 0 Å². The smallest absolute Gasteiger partial charge is 0.152 e. The molecule has 0 aliphatic carbocycles. The molecule has 19 heavy (non-hydrogen) atoms. The lowest BCUT2D eigenvalue weighted by Crippen LogP contribution is -1.79. The topological polar surface area (TPSA) is 40.5 Å². The van der Waals surface area contributed by atoms with Crippen molar-refractivity contribution in [3.05, 3.63) is 44.4 Å². The van der Waals surface area contributed by atoms with Gasteiger partial charge in [-0.3, -0.25) is 0 Å². The Labute approximate surface area is 133 Å². The summed E-state index contributed by atoms with van der Waals surface area (Å²) in [5.74, 6) is -0.316. The molecular formula is C12H6Cl4O2S. The number of benzene rings is 2. The van der Waals surface area contributed by atoms with E-state index in [0.29, 0.717) is 9.79 Å². The van der Waals surface area contributed by atoms with Crippen molar-refractivity contribution in [3.8, 4) is 11.5 Å². The summed E-state index contributed by atoms with van der Waals surface area (Å²) in [7, 11) is 0. The van der Waals surface area contributed by atoms with E-state index in [1.54, 1.807) is 24.3 Å². The maximum atomic E-state index is 9.47. The minimum Gasteiger partial charge on any atom is -0.505 e. The molecule has 2 rings (SSSR count). The van der Waals surface area contributed by atoms with E-state index in [1.807, 2.05) is 0 Å². The van der Waals surface area contributed by atoms with Gasteiger partial charge in [-0.2, -0.15) is 0 Å². The molecule has 0 aromatic heterocycles. The molecule has 0 atom stereocenters. The van der Waals surface area contributed by atoms with E-state index < -0.39 is 0 Å². The Bertz CT molecular complexity index is 544. The van der Waals surface area contributed by atoms with Crippen LogP contribution >= 0.6 is 58.2 Å². The molecule has 0 aliphatic rings. The zero-order chi connectivity index (χ0) is 14.2. The lowest BCUT2D eigenvalue weighted by molar-refractivity contribution is 0.475. The fourth-order valence-corrected chi connectivity index (χ4v) is 3.55. The summed E-state index contributed by atoms with van der Waals surface area (Å²) >= 11 is 24.6. The summed E-state index contributed by atoms with van der Waals surface area (Å²) in [4.78, 5) is 1.43. The molecular weight excluding hydrogens is 350 g/mol. The maximum Gasteiger partial charge on any atom is 0.152 e. The Morgan fingerprint density at radius 2 is 0.895 bits per heavy atom. The zero-order valence-corrected chi connectivity index (χ0v) is 13.0. The summed E-state index contributed by atoms with van der Waals surface area (Å²) < 4.78 is 0. The van der Waals surface area contributed by atoms with Crippen LogP contribution in [0.5, 0.6) is 11.5 Å². The van der Waals surface area contributed by atoms with E-state index >= 15 is 0 Å². The molecule has 0 fully saturated rings. The van der Waals surface area contributed by atoms with Gasteiger partial charge in [0, 0.05) is 9.79 Å². The standard InChI is InChI=1S/C12H6Cl4O2S/c13-7-1-5(2-8(14)11(7)17)19-6-3-9(15)12(18)10(16)4-6/h1-4,17-18H. The van der Waals surface area contributed by atoms with Crippen LogP contribution in [0, 0.1) is 0 Å². The lowest BCUT2D eigenvalue weighted by Gasteiger charge is -2.07. The molecule has 7 heteroatoms. The number of halogens is 4. The second-order valence-corrected chi connectivity index (χ2v) is 6.35. The van der Waals surface area contributed by atoms with Gasteiger partial charge in [-0.1, -0.05) is 58.2 Å². The largest absolute Gasteiger partial charge is 0.505 e. The SMILES string of the molecule is Oc1c(Cl)cc(Sc2cc(Cl)c(O)c(Cl)c2)cc1Cl. The molecule has 0 aliphatic heterocycles. The number of hydrogen-bond acceptors (Lipinski definition) is 3. The molecule has 0 spiro atoms. The van der Waals surface area contributed by atoms with Crippen LogP contribution in [0.15, 0.2) is 34.1 Å². The molecule has 0 saturated heterocycles. The van der Waals surface area contributed by atoms with E-state index in [0.717, 1.165) is 0 Å². The quantitative estimate of drug-likeness (QED) is 0.708. The first-order chi connectivity index (χ1) is 8.88. The highest BCUT2D eigenvalue weighted by molar-refractivity contribution is 7.99. The van der Waals surface area contributed by atoms with Crippen molar-refractivity contribution in [2.45, 2.75) is 9.79 Å². The Morgan fingerprint density at radius 1 is 0.632 bits per heavy atom. The average Bonchev–Trinajstić information content (AvgIpc) is 2.33. The van der Waals surface area contributed by atoms with Crippen LogP contribution in [0.2, 0.25) is 20.1 Å². The fraction of sp³-hybridized carbons (Fsp3) is 0. The minimum absolute atomic E-state index is 0.158. The van der Waals surface area contributed by atoms with Crippen molar-refractivity contribution in [2.75, 3.05) is 0 Å². The fourth-order valence-electron chi connectivity index (χ4n) is 1.34. The highest BCUT2D eigenvalue weighted by Crippen LogP contribution is 2.41. The molecule has 0 radical (unpaired) electrons. The number of rotatable bonds is 2. The van der Waals surface area contributed by atoms with Crippen molar-refractivity contribution < 1.29 is 10.2 Å². The first kappa shape index (κ1) is 14.9. The summed E-state index contributed by atoms with van der Waals surface area (Å²) in [6.45, 7) is 0. The van der Waals surface area contributed by atoms with Crippen molar-refractivity contribution in [3.63, 3.8) is 0 Å². The molecule has 0 bridgehead atoms. The molecule has 100 valence electrons. The Hall–Kier alpha value is -0.450. The van der Waals surface area contributed by atoms with Crippen LogP contribution in [0.4, 0.5) is 0 Å². The van der Waals surface area contributed by atoms with E-state index in [-0.39, 0.29) is 31.6 Å². The van der Waals surface area contributed by atoms with Crippen molar-refractivity contribution in [2.24, 2.45) is 0 Å². The van der Waals surface area contributed by atoms with Gasteiger partial charge >= 0.3 is 0 Å². The van der Waals surface area contributed by atoms with Crippen LogP contribution in [-0.4, -0.2) is 10.2 Å². The van der Waals surface area contributed by atoms with Gasteiger partial charge in [-0.25, -0.2) is 0 Å². The monoisotopic (exact) mass is 354 g/mol. The molecule has 0 amide bonds. The van der Waals surface area contributed by atoms with Gasteiger partial charge in [0.2, 0.25) is 0 Å². The van der Waals surface area contributed by atoms with Crippen molar-refractivity contribution >= 4 is 58.2 Å². The molecule has 2 N–H and O–H groups in total. The first-order valence-electron chi connectivity index (χ1n) is 4.92. The third kappa shape index (κ3) is 3.36. The van der Waals surface area contributed by atoms with Crippen molar-refractivity contribution in [1.29, 1.82) is 0 Å². The molecule has 2 aromatic rings. The molecule has 2 aromatic carbocycles. The van der Waals surface area contributed by atoms with E-state index in [9.17, 15) is 10.2 Å². The van der Waals surface area contributed by atoms with Gasteiger partial charge in [-0.15, -0.1) is 0 Å². The highest BCUT2D eigenvalue weighted by Gasteiger charge is 2.11. The minimum atomic E-state index is -0.158. The van der Waals surface area contributed by atoms with Gasteiger partial charge in [0.25, 0.3) is 0 Å². The normalized spacial score (nSPS) is 10.7. The summed E-state index contributed by atoms with van der Waals surface area (Å²) in [5, 5.41) is 19.6. The first-order valence-corrected chi connectivity index (χ1v) is 7.25. The third-order valence-corrected chi connectivity index (χ3v) is 4.31. The van der Waals surface area contributed by atoms with Crippen LogP contribution in [0.3, 0.4) is 0 Å². The summed E-state index contributed by atoms with van der Waals surface area (Å²) in [6, 6.07) is 6.29. The number of aromatic hydroxyl groups is 2. The molecule has 0 heterocycles. The van der Waals surface area contributed by atoms with Crippen LogP contribution in [0.25, 0.3) is 0 Å². The second kappa shape index (κ2) is 5.90. The molecule has 0 unspecified atom stereocenters. The van der Waals surface area contributed by atoms with Gasteiger partial charge in [0.15, 0.2) is 11.5 Å². The highest BCUT2D eigenvalue weighted by atomic mass is 35.5. The van der Waals surface area contributed by atoms with Crippen molar-refractivity contribution in [1.82, 2.24) is 0 Å².